The van der Waals surface area contributed by atoms with Crippen molar-refractivity contribution in [2.24, 2.45) is 7.05 Å². The summed E-state index contributed by atoms with van der Waals surface area (Å²) in [5, 5.41) is 12.0. The second kappa shape index (κ2) is 3.79. The first-order valence-corrected chi connectivity index (χ1v) is 4.37. The minimum absolute atomic E-state index is 0.219. The van der Waals surface area contributed by atoms with Gasteiger partial charge in [-0.25, -0.2) is 4.98 Å². The summed E-state index contributed by atoms with van der Waals surface area (Å²) in [7, 11) is 1.74. The molecule has 14 heavy (non-hydrogen) atoms. The molecule has 2 N–H and O–H groups in total. The number of aromatic nitrogens is 2. The first-order chi connectivity index (χ1) is 6.40. The predicted molar refractivity (Wildman–Crippen MR) is 51.8 cm³/mol. The third kappa shape index (κ3) is 2.85. The maximum atomic E-state index is 11.5. The number of rotatable bonds is 3. The topological polar surface area (TPSA) is 67.2 Å². The summed E-state index contributed by atoms with van der Waals surface area (Å²) in [4.78, 5) is 15.3. The maximum absolute atomic E-state index is 11.5. The van der Waals surface area contributed by atoms with Crippen LogP contribution >= 0.6 is 0 Å². The Morgan fingerprint density at radius 2 is 2.36 bits per heavy atom. The van der Waals surface area contributed by atoms with Gasteiger partial charge in [0.25, 0.3) is 5.91 Å². The van der Waals surface area contributed by atoms with E-state index in [0.717, 1.165) is 0 Å². The zero-order valence-electron chi connectivity index (χ0n) is 8.61. The molecule has 78 valence electrons. The lowest BCUT2D eigenvalue weighted by Crippen LogP contribution is -2.38. The highest BCUT2D eigenvalue weighted by molar-refractivity contribution is 5.92. The van der Waals surface area contributed by atoms with Crippen molar-refractivity contribution in [1.82, 2.24) is 14.9 Å². The molecule has 0 aromatic carbocycles. The lowest BCUT2D eigenvalue weighted by molar-refractivity contribution is 0.0690. The minimum Gasteiger partial charge on any atom is -0.389 e. The smallest absolute Gasteiger partial charge is 0.269 e. The average molecular weight is 197 g/mol. The van der Waals surface area contributed by atoms with Crippen molar-refractivity contribution in [2.45, 2.75) is 19.4 Å². The number of imidazole rings is 1. The summed E-state index contributed by atoms with van der Waals surface area (Å²) in [5.41, 5.74) is -0.414. The van der Waals surface area contributed by atoms with Crippen molar-refractivity contribution in [1.29, 1.82) is 0 Å². The van der Waals surface area contributed by atoms with E-state index in [1.807, 2.05) is 0 Å². The number of carbonyl (C=O) groups is 1. The van der Waals surface area contributed by atoms with Gasteiger partial charge in [-0.3, -0.25) is 4.79 Å². The molecule has 0 bridgehead atoms. The highest BCUT2D eigenvalue weighted by Gasteiger charge is 2.16. The van der Waals surface area contributed by atoms with Gasteiger partial charge in [-0.05, 0) is 13.8 Å². The molecule has 0 saturated heterocycles. The molecular weight excluding hydrogens is 182 g/mol. The highest BCUT2D eigenvalue weighted by atomic mass is 16.3. The summed E-state index contributed by atoms with van der Waals surface area (Å²) < 4.78 is 1.62. The molecule has 5 heteroatoms. The number of amides is 1. The molecule has 0 aliphatic carbocycles. The van der Waals surface area contributed by atoms with Crippen LogP contribution in [0.3, 0.4) is 0 Å². The van der Waals surface area contributed by atoms with Crippen molar-refractivity contribution in [3.05, 3.63) is 18.2 Å². The average Bonchev–Trinajstić information content (AvgIpc) is 2.46. The van der Waals surface area contributed by atoms with E-state index >= 15 is 0 Å². The Morgan fingerprint density at radius 1 is 1.71 bits per heavy atom. The fourth-order valence-corrected chi connectivity index (χ4v) is 0.963. The molecule has 0 aliphatic heterocycles. The standard InChI is InChI=1S/C9H15N3O2/c1-9(2,14)5-11-8(13)7-4-10-6-12(7)3/h4,6,14H,5H2,1-3H3,(H,11,13). The molecule has 0 aliphatic rings. The largest absolute Gasteiger partial charge is 0.389 e. The van der Waals surface area contributed by atoms with E-state index in [1.165, 1.54) is 6.20 Å². The quantitative estimate of drug-likeness (QED) is 0.712. The molecule has 1 aromatic heterocycles. The molecule has 0 fully saturated rings. The van der Waals surface area contributed by atoms with Crippen LogP contribution in [0.1, 0.15) is 24.3 Å². The monoisotopic (exact) mass is 197 g/mol. The molecule has 0 atom stereocenters. The SMILES string of the molecule is Cn1cncc1C(=O)NCC(C)(C)O. The van der Waals surface area contributed by atoms with Gasteiger partial charge in [0.15, 0.2) is 0 Å². The van der Waals surface area contributed by atoms with Crippen molar-refractivity contribution < 1.29 is 9.90 Å². The number of nitrogens with one attached hydrogen (secondary N) is 1. The van der Waals surface area contributed by atoms with Crippen LogP contribution in [0.5, 0.6) is 0 Å². The van der Waals surface area contributed by atoms with E-state index in [2.05, 4.69) is 10.3 Å². The zero-order chi connectivity index (χ0) is 10.8. The Labute approximate surface area is 82.8 Å². The number of aryl methyl sites for hydroxylation is 1. The predicted octanol–water partition coefficient (Wildman–Crippen LogP) is -0.0792. The zero-order valence-corrected chi connectivity index (χ0v) is 8.61. The Bertz CT molecular complexity index is 325. The molecule has 1 heterocycles. The fraction of sp³-hybridized carbons (Fsp3) is 0.556. The van der Waals surface area contributed by atoms with Crippen molar-refractivity contribution in [3.63, 3.8) is 0 Å². The first kappa shape index (κ1) is 10.7. The fourth-order valence-electron chi connectivity index (χ4n) is 0.963. The van der Waals surface area contributed by atoms with E-state index in [9.17, 15) is 9.90 Å². The highest BCUT2D eigenvalue weighted by Crippen LogP contribution is 2.00. The van der Waals surface area contributed by atoms with E-state index in [-0.39, 0.29) is 12.5 Å². The first-order valence-electron chi connectivity index (χ1n) is 4.37. The maximum Gasteiger partial charge on any atom is 0.269 e. The van der Waals surface area contributed by atoms with Crippen LogP contribution in [0.25, 0.3) is 0 Å². The Hall–Kier alpha value is -1.36. The number of carbonyl (C=O) groups excluding carboxylic acids is 1. The van der Waals surface area contributed by atoms with Crippen LogP contribution in [0, 0.1) is 0 Å². The lowest BCUT2D eigenvalue weighted by atomic mass is 10.1. The summed E-state index contributed by atoms with van der Waals surface area (Å²) >= 11 is 0. The molecule has 5 nitrogen and oxygen atoms in total. The van der Waals surface area contributed by atoms with E-state index in [4.69, 9.17) is 0 Å². The number of hydrogen-bond donors (Lipinski definition) is 2. The van der Waals surface area contributed by atoms with Crippen molar-refractivity contribution >= 4 is 5.91 Å². The molecule has 0 unspecified atom stereocenters. The van der Waals surface area contributed by atoms with Crippen molar-refractivity contribution in [2.75, 3.05) is 6.54 Å². The molecule has 0 radical (unpaired) electrons. The molecule has 0 saturated carbocycles. The van der Waals surface area contributed by atoms with Crippen LogP contribution < -0.4 is 5.32 Å². The van der Waals surface area contributed by atoms with Gasteiger partial charge in [0.2, 0.25) is 0 Å². The van der Waals surface area contributed by atoms with Crippen molar-refractivity contribution in [3.8, 4) is 0 Å². The van der Waals surface area contributed by atoms with E-state index in [0.29, 0.717) is 5.69 Å². The molecular formula is C9H15N3O2. The van der Waals surface area contributed by atoms with Gasteiger partial charge in [-0.2, -0.15) is 0 Å². The summed E-state index contributed by atoms with van der Waals surface area (Å²) in [5.74, 6) is -0.230. The second-order valence-electron chi connectivity index (χ2n) is 3.88. The van der Waals surface area contributed by atoms with E-state index in [1.54, 1.807) is 31.8 Å². The summed E-state index contributed by atoms with van der Waals surface area (Å²) in [6.45, 7) is 3.49. The number of hydrogen-bond acceptors (Lipinski definition) is 3. The normalized spacial score (nSPS) is 11.4. The van der Waals surface area contributed by atoms with Gasteiger partial charge in [0.05, 0.1) is 18.1 Å². The number of aliphatic hydroxyl groups is 1. The third-order valence-electron chi connectivity index (χ3n) is 1.73. The van der Waals surface area contributed by atoms with Gasteiger partial charge in [0, 0.05) is 13.6 Å². The number of nitrogens with zero attached hydrogens (tertiary/aromatic N) is 2. The van der Waals surface area contributed by atoms with Crippen LogP contribution in [0.2, 0.25) is 0 Å². The van der Waals surface area contributed by atoms with E-state index < -0.39 is 5.60 Å². The van der Waals surface area contributed by atoms with Crippen LogP contribution in [0.4, 0.5) is 0 Å². The Balaban J connectivity index is 2.56. The van der Waals surface area contributed by atoms with Gasteiger partial charge in [0.1, 0.15) is 5.69 Å². The Kier molecular flexibility index (Phi) is 2.90. The molecule has 1 rings (SSSR count). The molecule has 1 aromatic rings. The van der Waals surface area contributed by atoms with Gasteiger partial charge in [-0.15, -0.1) is 0 Å². The van der Waals surface area contributed by atoms with Crippen LogP contribution in [0.15, 0.2) is 12.5 Å². The van der Waals surface area contributed by atoms with Crippen LogP contribution in [-0.4, -0.2) is 32.7 Å². The lowest BCUT2D eigenvalue weighted by Gasteiger charge is -2.17. The van der Waals surface area contributed by atoms with Gasteiger partial charge >= 0.3 is 0 Å². The van der Waals surface area contributed by atoms with Gasteiger partial charge < -0.3 is 15.0 Å². The van der Waals surface area contributed by atoms with Crippen LogP contribution in [-0.2, 0) is 7.05 Å². The second-order valence-corrected chi connectivity index (χ2v) is 3.88. The molecule has 1 amide bonds. The summed E-state index contributed by atoms with van der Waals surface area (Å²) in [6, 6.07) is 0. The van der Waals surface area contributed by atoms with Gasteiger partial charge in [-0.1, -0.05) is 0 Å². The Morgan fingerprint density at radius 3 is 2.79 bits per heavy atom. The minimum atomic E-state index is -0.895. The third-order valence-corrected chi connectivity index (χ3v) is 1.73. The molecule has 0 spiro atoms. The summed E-state index contributed by atoms with van der Waals surface area (Å²) in [6.07, 6.45) is 3.04.